The molecule has 1 fully saturated rings. The third kappa shape index (κ3) is 4.26. The standard InChI is InChI=1S/C21H21ClN2O5S/c1-12-17(20(26)27-2)9-15(29-12)11-30-21-23-18-8-13(22)5-6-16(18)19(25)24(21)10-14-4-3-7-28-14/h5-6,8-9,14H,3-4,7,10-11H2,1-2H3. The van der Waals surface area contributed by atoms with E-state index in [1.807, 2.05) is 0 Å². The average Bonchev–Trinajstić information content (AvgIpc) is 3.37. The fourth-order valence-electron chi connectivity index (χ4n) is 3.50. The maximum atomic E-state index is 13.2. The van der Waals surface area contributed by atoms with Crippen LogP contribution in [0.4, 0.5) is 0 Å². The van der Waals surface area contributed by atoms with E-state index in [1.165, 1.54) is 18.9 Å². The zero-order chi connectivity index (χ0) is 21.3. The summed E-state index contributed by atoms with van der Waals surface area (Å²) in [7, 11) is 1.33. The number of fused-ring (bicyclic) bond motifs is 1. The first-order chi connectivity index (χ1) is 14.5. The van der Waals surface area contributed by atoms with Gasteiger partial charge < -0.3 is 13.9 Å². The molecule has 1 aliphatic heterocycles. The first-order valence-corrected chi connectivity index (χ1v) is 10.9. The highest BCUT2D eigenvalue weighted by Crippen LogP contribution is 2.27. The van der Waals surface area contributed by atoms with Crippen LogP contribution >= 0.6 is 23.4 Å². The molecule has 0 amide bonds. The lowest BCUT2D eigenvalue weighted by atomic mass is 10.2. The summed E-state index contributed by atoms with van der Waals surface area (Å²) in [6.07, 6.45) is 1.89. The Bertz CT molecular complexity index is 1150. The number of rotatable bonds is 6. The molecule has 0 aliphatic carbocycles. The average molecular weight is 449 g/mol. The van der Waals surface area contributed by atoms with Crippen molar-refractivity contribution in [2.24, 2.45) is 0 Å². The smallest absolute Gasteiger partial charge is 0.341 e. The number of carbonyl (C=O) groups excluding carboxylic acids is 1. The van der Waals surface area contributed by atoms with Gasteiger partial charge in [-0.2, -0.15) is 0 Å². The Labute approximate surface area is 182 Å². The zero-order valence-electron chi connectivity index (χ0n) is 16.6. The summed E-state index contributed by atoms with van der Waals surface area (Å²) in [4.78, 5) is 29.7. The molecule has 0 radical (unpaired) electrons. The monoisotopic (exact) mass is 448 g/mol. The summed E-state index contributed by atoms with van der Waals surface area (Å²) in [5, 5.41) is 1.59. The van der Waals surface area contributed by atoms with E-state index < -0.39 is 5.97 Å². The van der Waals surface area contributed by atoms with E-state index >= 15 is 0 Å². The number of methoxy groups -OCH3 is 1. The van der Waals surface area contributed by atoms with Crippen LogP contribution in [0.2, 0.25) is 5.02 Å². The van der Waals surface area contributed by atoms with Gasteiger partial charge in [0.05, 0.1) is 36.4 Å². The van der Waals surface area contributed by atoms with Crippen LogP contribution in [-0.4, -0.2) is 35.3 Å². The van der Waals surface area contributed by atoms with Crippen molar-refractivity contribution in [1.82, 2.24) is 9.55 Å². The van der Waals surface area contributed by atoms with Crippen molar-refractivity contribution in [3.8, 4) is 0 Å². The van der Waals surface area contributed by atoms with E-state index in [1.54, 1.807) is 35.8 Å². The molecule has 30 heavy (non-hydrogen) atoms. The lowest BCUT2D eigenvalue weighted by molar-refractivity contribution is 0.0598. The van der Waals surface area contributed by atoms with Crippen molar-refractivity contribution < 1.29 is 18.7 Å². The number of aromatic nitrogens is 2. The maximum Gasteiger partial charge on any atom is 0.341 e. The molecule has 0 saturated carbocycles. The summed E-state index contributed by atoms with van der Waals surface area (Å²) in [6, 6.07) is 6.74. The van der Waals surface area contributed by atoms with Gasteiger partial charge in [0, 0.05) is 11.6 Å². The summed E-state index contributed by atoms with van der Waals surface area (Å²) in [5.74, 6) is 1.05. The lowest BCUT2D eigenvalue weighted by Crippen LogP contribution is -2.28. The number of halogens is 1. The van der Waals surface area contributed by atoms with Gasteiger partial charge in [-0.1, -0.05) is 23.4 Å². The Kier molecular flexibility index (Phi) is 6.17. The molecule has 0 N–H and O–H groups in total. The van der Waals surface area contributed by atoms with Gasteiger partial charge in [0.2, 0.25) is 0 Å². The number of esters is 1. The number of carbonyl (C=O) groups is 1. The minimum atomic E-state index is -0.443. The SMILES string of the molecule is COC(=O)c1cc(CSc2nc3cc(Cl)ccc3c(=O)n2CC2CCCO2)oc1C. The first kappa shape index (κ1) is 21.0. The predicted octanol–water partition coefficient (Wildman–Crippen LogP) is 4.21. The predicted molar refractivity (Wildman–Crippen MR) is 114 cm³/mol. The molecule has 0 spiro atoms. The van der Waals surface area contributed by atoms with Crippen LogP contribution in [0, 0.1) is 6.92 Å². The summed E-state index contributed by atoms with van der Waals surface area (Å²) in [5.41, 5.74) is 0.813. The molecule has 1 saturated heterocycles. The van der Waals surface area contributed by atoms with Gasteiger partial charge in [0.25, 0.3) is 5.56 Å². The van der Waals surface area contributed by atoms with Gasteiger partial charge in [-0.3, -0.25) is 9.36 Å². The molecule has 3 aromatic rings. The van der Waals surface area contributed by atoms with Crippen molar-refractivity contribution in [3.63, 3.8) is 0 Å². The quantitative estimate of drug-likeness (QED) is 0.317. The highest BCUT2D eigenvalue weighted by molar-refractivity contribution is 7.98. The highest BCUT2D eigenvalue weighted by atomic mass is 35.5. The molecule has 2 aromatic heterocycles. The van der Waals surface area contributed by atoms with Crippen LogP contribution in [0.3, 0.4) is 0 Å². The molecular weight excluding hydrogens is 428 g/mol. The van der Waals surface area contributed by atoms with E-state index in [0.29, 0.717) is 57.1 Å². The van der Waals surface area contributed by atoms with Crippen LogP contribution < -0.4 is 5.56 Å². The molecule has 4 rings (SSSR count). The van der Waals surface area contributed by atoms with Gasteiger partial charge in [-0.05, 0) is 44.0 Å². The summed E-state index contributed by atoms with van der Waals surface area (Å²) in [6.45, 7) is 2.86. The minimum Gasteiger partial charge on any atom is -0.465 e. The van der Waals surface area contributed by atoms with Crippen LogP contribution in [0.1, 0.15) is 34.7 Å². The number of nitrogens with zero attached hydrogens (tertiary/aromatic N) is 2. The molecule has 1 unspecified atom stereocenters. The molecule has 1 atom stereocenters. The Morgan fingerprint density at radius 1 is 1.40 bits per heavy atom. The fourth-order valence-corrected chi connectivity index (χ4v) is 4.56. The third-order valence-electron chi connectivity index (χ3n) is 5.01. The van der Waals surface area contributed by atoms with Gasteiger partial charge in [0.1, 0.15) is 17.1 Å². The molecule has 1 aromatic carbocycles. The van der Waals surface area contributed by atoms with Crippen molar-refractivity contribution in [1.29, 1.82) is 0 Å². The summed E-state index contributed by atoms with van der Waals surface area (Å²) >= 11 is 7.47. The summed E-state index contributed by atoms with van der Waals surface area (Å²) < 4.78 is 17.9. The lowest BCUT2D eigenvalue weighted by Gasteiger charge is -2.16. The number of ether oxygens (including phenoxy) is 2. The third-order valence-corrected chi connectivity index (χ3v) is 6.24. The normalized spacial score (nSPS) is 16.3. The molecule has 1 aliphatic rings. The fraction of sp³-hybridized carbons (Fsp3) is 0.381. The van der Waals surface area contributed by atoms with E-state index in [-0.39, 0.29) is 11.7 Å². The molecule has 7 nitrogen and oxygen atoms in total. The van der Waals surface area contributed by atoms with Crippen LogP contribution in [0.5, 0.6) is 0 Å². The van der Waals surface area contributed by atoms with Gasteiger partial charge in [0.15, 0.2) is 5.16 Å². The van der Waals surface area contributed by atoms with Crippen molar-refractivity contribution in [3.05, 3.63) is 56.7 Å². The molecule has 0 bridgehead atoms. The molecule has 158 valence electrons. The van der Waals surface area contributed by atoms with E-state index in [9.17, 15) is 9.59 Å². The van der Waals surface area contributed by atoms with Crippen molar-refractivity contribution in [2.45, 2.75) is 43.3 Å². The first-order valence-electron chi connectivity index (χ1n) is 9.58. The van der Waals surface area contributed by atoms with Crippen molar-refractivity contribution >= 4 is 40.2 Å². The minimum absolute atomic E-state index is 0.00890. The topological polar surface area (TPSA) is 83.6 Å². The van der Waals surface area contributed by atoms with Crippen molar-refractivity contribution in [2.75, 3.05) is 13.7 Å². The number of benzene rings is 1. The van der Waals surface area contributed by atoms with E-state index in [0.717, 1.165) is 12.8 Å². The largest absolute Gasteiger partial charge is 0.465 e. The second-order valence-electron chi connectivity index (χ2n) is 7.07. The second-order valence-corrected chi connectivity index (χ2v) is 8.45. The van der Waals surface area contributed by atoms with Gasteiger partial charge in [-0.25, -0.2) is 9.78 Å². The van der Waals surface area contributed by atoms with Crippen LogP contribution in [0.15, 0.2) is 38.6 Å². The number of hydrogen-bond acceptors (Lipinski definition) is 7. The zero-order valence-corrected chi connectivity index (χ0v) is 18.2. The maximum absolute atomic E-state index is 13.2. The molecule has 3 heterocycles. The Morgan fingerprint density at radius 2 is 2.23 bits per heavy atom. The number of aryl methyl sites for hydroxylation is 1. The highest BCUT2D eigenvalue weighted by Gasteiger charge is 2.21. The Balaban J connectivity index is 1.67. The van der Waals surface area contributed by atoms with Crippen LogP contribution in [-0.2, 0) is 21.8 Å². The number of furan rings is 1. The van der Waals surface area contributed by atoms with Gasteiger partial charge >= 0.3 is 5.97 Å². The Morgan fingerprint density at radius 3 is 2.97 bits per heavy atom. The van der Waals surface area contributed by atoms with E-state index in [2.05, 4.69) is 4.98 Å². The number of thioether (sulfide) groups is 1. The number of hydrogen-bond donors (Lipinski definition) is 0. The second kappa shape index (κ2) is 8.83. The van der Waals surface area contributed by atoms with Gasteiger partial charge in [-0.15, -0.1) is 0 Å². The van der Waals surface area contributed by atoms with E-state index in [4.69, 9.17) is 25.5 Å². The molecular formula is C21H21ClN2O5S. The Hall–Kier alpha value is -2.29. The van der Waals surface area contributed by atoms with Crippen LogP contribution in [0.25, 0.3) is 10.9 Å². The molecule has 9 heteroatoms.